The number of nitrogens with two attached hydrogens (primary N) is 1. The maximum atomic E-state index is 13.0. The van der Waals surface area contributed by atoms with Gasteiger partial charge in [0.15, 0.2) is 5.16 Å². The van der Waals surface area contributed by atoms with E-state index < -0.39 is 0 Å². The second-order valence-corrected chi connectivity index (χ2v) is 5.66. The van der Waals surface area contributed by atoms with Gasteiger partial charge in [0.05, 0.1) is 11.0 Å². The summed E-state index contributed by atoms with van der Waals surface area (Å²) in [6.45, 7) is 2.05. The van der Waals surface area contributed by atoms with E-state index in [1.165, 1.54) is 17.7 Å². The second-order valence-electron chi connectivity index (χ2n) is 4.69. The minimum absolute atomic E-state index is 0.310. The van der Waals surface area contributed by atoms with Crippen molar-refractivity contribution in [2.75, 3.05) is 5.73 Å². The first-order chi connectivity index (χ1) is 9.61. The number of halogens is 1. The number of nitrogens with one attached hydrogen (secondary N) is 1. The van der Waals surface area contributed by atoms with E-state index in [-0.39, 0.29) is 5.82 Å². The number of fused-ring (bicyclic) bond motifs is 1. The number of thioether (sulfide) groups is 1. The molecule has 5 heteroatoms. The number of aromatic nitrogens is 2. The molecule has 0 aliphatic carbocycles. The molecule has 0 aliphatic heterocycles. The van der Waals surface area contributed by atoms with Gasteiger partial charge in [0.1, 0.15) is 5.82 Å². The summed E-state index contributed by atoms with van der Waals surface area (Å²) in [5, 5.41) is 0.842. The third kappa shape index (κ3) is 2.63. The number of benzene rings is 2. The van der Waals surface area contributed by atoms with E-state index in [4.69, 9.17) is 5.73 Å². The number of aryl methyl sites for hydroxylation is 1. The normalized spacial score (nSPS) is 11.1. The molecule has 3 N–H and O–H groups in total. The summed E-state index contributed by atoms with van der Waals surface area (Å²) in [7, 11) is 0. The molecule has 0 saturated heterocycles. The standard InChI is InChI=1S/C15H14FN3S/c1-9-2-5-13-14(6-9)19-15(18-13)20-8-10-3-4-11(16)7-12(10)17/h2-7H,8,17H2,1H3,(H,18,19). The van der Waals surface area contributed by atoms with Crippen molar-refractivity contribution in [3.8, 4) is 0 Å². The SMILES string of the molecule is Cc1ccc2nc(SCc3ccc(F)cc3N)[nH]c2c1. The van der Waals surface area contributed by atoms with Crippen LogP contribution >= 0.6 is 11.8 Å². The fraction of sp³-hybridized carbons (Fsp3) is 0.133. The maximum Gasteiger partial charge on any atom is 0.166 e. The van der Waals surface area contributed by atoms with Gasteiger partial charge in [-0.3, -0.25) is 0 Å². The predicted octanol–water partition coefficient (Wildman–Crippen LogP) is 3.88. The summed E-state index contributed by atoms with van der Waals surface area (Å²) in [6.07, 6.45) is 0. The zero-order valence-corrected chi connectivity index (χ0v) is 11.8. The summed E-state index contributed by atoms with van der Waals surface area (Å²) < 4.78 is 13.0. The van der Waals surface area contributed by atoms with Gasteiger partial charge in [-0.25, -0.2) is 9.37 Å². The molecule has 0 unspecified atom stereocenters. The molecule has 0 spiro atoms. The first-order valence-corrected chi connectivity index (χ1v) is 7.23. The third-order valence-electron chi connectivity index (χ3n) is 3.09. The van der Waals surface area contributed by atoms with Crippen LogP contribution in [0.5, 0.6) is 0 Å². The van der Waals surface area contributed by atoms with Crippen molar-refractivity contribution >= 4 is 28.5 Å². The van der Waals surface area contributed by atoms with Crippen molar-refractivity contribution in [3.05, 3.63) is 53.3 Å². The Balaban J connectivity index is 1.79. The topological polar surface area (TPSA) is 54.7 Å². The van der Waals surface area contributed by atoms with Gasteiger partial charge in [-0.15, -0.1) is 0 Å². The summed E-state index contributed by atoms with van der Waals surface area (Å²) in [5.41, 5.74) is 10.4. The molecule has 102 valence electrons. The van der Waals surface area contributed by atoms with E-state index in [0.717, 1.165) is 21.8 Å². The van der Waals surface area contributed by atoms with Crippen LogP contribution in [-0.4, -0.2) is 9.97 Å². The number of hydrogen-bond donors (Lipinski definition) is 2. The van der Waals surface area contributed by atoms with E-state index in [1.807, 2.05) is 19.1 Å². The first kappa shape index (κ1) is 13.0. The third-order valence-corrected chi connectivity index (χ3v) is 4.01. The first-order valence-electron chi connectivity index (χ1n) is 6.25. The molecular formula is C15H14FN3S. The molecule has 3 rings (SSSR count). The highest BCUT2D eigenvalue weighted by atomic mass is 32.2. The number of hydrogen-bond acceptors (Lipinski definition) is 3. The lowest BCUT2D eigenvalue weighted by Crippen LogP contribution is -1.93. The second kappa shape index (κ2) is 5.17. The van der Waals surface area contributed by atoms with Gasteiger partial charge in [-0.1, -0.05) is 23.9 Å². The quantitative estimate of drug-likeness (QED) is 0.567. The highest BCUT2D eigenvalue weighted by Gasteiger charge is 2.06. The average molecular weight is 287 g/mol. The van der Waals surface area contributed by atoms with Gasteiger partial charge >= 0.3 is 0 Å². The lowest BCUT2D eigenvalue weighted by molar-refractivity contribution is 0.628. The molecule has 0 fully saturated rings. The molecule has 0 aliphatic rings. The molecule has 0 bridgehead atoms. The van der Waals surface area contributed by atoms with Gasteiger partial charge in [0.25, 0.3) is 0 Å². The fourth-order valence-electron chi connectivity index (χ4n) is 2.01. The molecule has 0 atom stereocenters. The van der Waals surface area contributed by atoms with Gasteiger partial charge in [-0.2, -0.15) is 0 Å². The predicted molar refractivity (Wildman–Crippen MR) is 81.2 cm³/mol. The van der Waals surface area contributed by atoms with Crippen molar-refractivity contribution in [2.45, 2.75) is 17.8 Å². The number of nitrogen functional groups attached to an aromatic ring is 1. The largest absolute Gasteiger partial charge is 0.398 e. The van der Waals surface area contributed by atoms with Crippen LogP contribution in [-0.2, 0) is 5.75 Å². The van der Waals surface area contributed by atoms with E-state index in [1.54, 1.807) is 17.8 Å². The Labute approximate surface area is 120 Å². The van der Waals surface area contributed by atoms with Crippen LogP contribution in [0.25, 0.3) is 11.0 Å². The number of aromatic amines is 1. The number of H-pyrrole nitrogens is 1. The Morgan fingerprint density at radius 1 is 1.25 bits per heavy atom. The van der Waals surface area contributed by atoms with Crippen molar-refractivity contribution in [2.24, 2.45) is 0 Å². The Morgan fingerprint density at radius 3 is 2.90 bits per heavy atom. The zero-order chi connectivity index (χ0) is 14.1. The maximum absolute atomic E-state index is 13.0. The minimum atomic E-state index is -0.310. The Bertz CT molecular complexity index is 767. The van der Waals surface area contributed by atoms with Crippen LogP contribution in [0.1, 0.15) is 11.1 Å². The van der Waals surface area contributed by atoms with Crippen LogP contribution in [0.3, 0.4) is 0 Å². The monoisotopic (exact) mass is 287 g/mol. The lowest BCUT2D eigenvalue weighted by atomic mass is 10.2. The Kier molecular flexibility index (Phi) is 3.36. The van der Waals surface area contributed by atoms with Crippen LogP contribution in [0.15, 0.2) is 41.6 Å². The molecule has 1 aromatic heterocycles. The van der Waals surface area contributed by atoms with E-state index in [9.17, 15) is 4.39 Å². The molecule has 0 saturated carbocycles. The summed E-state index contributed by atoms with van der Waals surface area (Å²) in [4.78, 5) is 7.78. The molecule has 3 aromatic rings. The molecule has 0 amide bonds. The van der Waals surface area contributed by atoms with Crippen LogP contribution in [0, 0.1) is 12.7 Å². The molecule has 20 heavy (non-hydrogen) atoms. The van der Waals surface area contributed by atoms with Gasteiger partial charge in [-0.05, 0) is 42.3 Å². The highest BCUT2D eigenvalue weighted by Crippen LogP contribution is 2.26. The van der Waals surface area contributed by atoms with Gasteiger partial charge < -0.3 is 10.7 Å². The fourth-order valence-corrected chi connectivity index (χ4v) is 2.91. The molecule has 3 nitrogen and oxygen atoms in total. The highest BCUT2D eigenvalue weighted by molar-refractivity contribution is 7.98. The van der Waals surface area contributed by atoms with E-state index >= 15 is 0 Å². The zero-order valence-electron chi connectivity index (χ0n) is 11.0. The Morgan fingerprint density at radius 2 is 2.10 bits per heavy atom. The summed E-state index contributed by atoms with van der Waals surface area (Å²) >= 11 is 1.56. The molecule has 2 aromatic carbocycles. The van der Waals surface area contributed by atoms with E-state index in [0.29, 0.717) is 11.4 Å². The van der Waals surface area contributed by atoms with Crippen molar-refractivity contribution in [1.29, 1.82) is 0 Å². The number of rotatable bonds is 3. The Hall–Kier alpha value is -2.01. The molecular weight excluding hydrogens is 273 g/mol. The van der Waals surface area contributed by atoms with Gasteiger partial charge in [0.2, 0.25) is 0 Å². The molecule has 1 heterocycles. The van der Waals surface area contributed by atoms with Crippen molar-refractivity contribution in [3.63, 3.8) is 0 Å². The van der Waals surface area contributed by atoms with Crippen molar-refractivity contribution in [1.82, 2.24) is 9.97 Å². The smallest absolute Gasteiger partial charge is 0.166 e. The van der Waals surface area contributed by atoms with Crippen molar-refractivity contribution < 1.29 is 4.39 Å². The van der Waals surface area contributed by atoms with Gasteiger partial charge in [0, 0.05) is 11.4 Å². The number of nitrogens with zero attached hydrogens (tertiary/aromatic N) is 1. The summed E-state index contributed by atoms with van der Waals surface area (Å²) in [5.74, 6) is 0.348. The number of imidazole rings is 1. The van der Waals surface area contributed by atoms with Crippen LogP contribution in [0.4, 0.5) is 10.1 Å². The van der Waals surface area contributed by atoms with Crippen LogP contribution < -0.4 is 5.73 Å². The number of anilines is 1. The van der Waals surface area contributed by atoms with E-state index in [2.05, 4.69) is 16.0 Å². The molecule has 0 radical (unpaired) electrons. The lowest BCUT2D eigenvalue weighted by Gasteiger charge is -2.03. The summed E-state index contributed by atoms with van der Waals surface area (Å²) in [6, 6.07) is 10.6. The average Bonchev–Trinajstić information content (AvgIpc) is 2.79. The van der Waals surface area contributed by atoms with Crippen LogP contribution in [0.2, 0.25) is 0 Å². The minimum Gasteiger partial charge on any atom is -0.398 e.